The highest BCUT2D eigenvalue weighted by molar-refractivity contribution is 7.88. The largest absolute Gasteiger partial charge is 0.369 e. The number of hydrogen-bond acceptors (Lipinski definition) is 4. The first kappa shape index (κ1) is 22.8. The van der Waals surface area contributed by atoms with Crippen LogP contribution in [0.1, 0.15) is 18.9 Å². The van der Waals surface area contributed by atoms with Gasteiger partial charge in [0.05, 0.1) is 24.4 Å². The van der Waals surface area contributed by atoms with Crippen LogP contribution in [0.15, 0.2) is 36.4 Å². The number of rotatable bonds is 4. The van der Waals surface area contributed by atoms with Crippen molar-refractivity contribution in [3.8, 4) is 11.1 Å². The summed E-state index contributed by atoms with van der Waals surface area (Å²) < 4.78 is 74.8. The first-order chi connectivity index (χ1) is 15.0. The molecule has 0 aliphatic carbocycles. The number of morpholine rings is 1. The van der Waals surface area contributed by atoms with Gasteiger partial charge in [0.1, 0.15) is 24.1 Å². The van der Waals surface area contributed by atoms with E-state index in [0.29, 0.717) is 12.5 Å². The van der Waals surface area contributed by atoms with E-state index in [1.54, 1.807) is 13.0 Å². The predicted molar refractivity (Wildman–Crippen MR) is 112 cm³/mol. The van der Waals surface area contributed by atoms with Crippen LogP contribution in [0.25, 0.3) is 11.1 Å². The van der Waals surface area contributed by atoms with Crippen molar-refractivity contribution in [1.29, 1.82) is 0 Å². The van der Waals surface area contributed by atoms with Crippen LogP contribution < -0.4 is 5.32 Å². The molecule has 32 heavy (non-hydrogen) atoms. The zero-order valence-electron chi connectivity index (χ0n) is 17.6. The monoisotopic (exact) mass is 468 g/mol. The van der Waals surface area contributed by atoms with Gasteiger partial charge in [-0.1, -0.05) is 18.2 Å². The molecular formula is C22H23F3N2O4S. The number of nitrogens with zero attached hydrogens (tertiary/aromatic N) is 1. The van der Waals surface area contributed by atoms with Crippen LogP contribution in [0.5, 0.6) is 0 Å². The first-order valence-electron chi connectivity index (χ1n) is 10.1. The molecule has 2 saturated heterocycles. The Hall–Kier alpha value is -2.43. The third kappa shape index (κ3) is 4.14. The number of halogens is 3. The maximum atomic E-state index is 15.5. The maximum absolute atomic E-state index is 15.5. The van der Waals surface area contributed by atoms with Crippen molar-refractivity contribution in [3.05, 3.63) is 59.4 Å². The average Bonchev–Trinajstić information content (AvgIpc) is 2.92. The molecule has 4 rings (SSSR count). The topological polar surface area (TPSA) is 75.7 Å². The molecule has 2 heterocycles. The van der Waals surface area contributed by atoms with Gasteiger partial charge in [-0.05, 0) is 43.0 Å². The molecule has 0 bridgehead atoms. The second-order valence-corrected chi connectivity index (χ2v) is 10.4. The van der Waals surface area contributed by atoms with Crippen LogP contribution in [-0.4, -0.2) is 55.7 Å². The van der Waals surface area contributed by atoms with E-state index in [0.717, 1.165) is 18.4 Å². The van der Waals surface area contributed by atoms with Gasteiger partial charge in [-0.25, -0.2) is 21.6 Å². The normalized spacial score (nSPS) is 26.5. The SMILES string of the molecule is CC1CC2(COCC(=O)N2)C(Cc2cccc(-c3cc(F)cc(F)c3)c2F)N1S(C)(=O)=O. The van der Waals surface area contributed by atoms with E-state index in [9.17, 15) is 22.0 Å². The lowest BCUT2D eigenvalue weighted by Gasteiger charge is -2.40. The highest BCUT2D eigenvalue weighted by Crippen LogP contribution is 2.39. The van der Waals surface area contributed by atoms with Crippen LogP contribution in [0.2, 0.25) is 0 Å². The van der Waals surface area contributed by atoms with E-state index in [4.69, 9.17) is 4.74 Å². The molecule has 2 aliphatic rings. The van der Waals surface area contributed by atoms with Crippen LogP contribution >= 0.6 is 0 Å². The number of ether oxygens (including phenoxy) is 1. The molecular weight excluding hydrogens is 445 g/mol. The third-order valence-electron chi connectivity index (χ3n) is 6.07. The Morgan fingerprint density at radius 3 is 2.50 bits per heavy atom. The molecule has 1 amide bonds. The summed E-state index contributed by atoms with van der Waals surface area (Å²) in [7, 11) is -3.70. The summed E-state index contributed by atoms with van der Waals surface area (Å²) >= 11 is 0. The summed E-state index contributed by atoms with van der Waals surface area (Å²) in [5.74, 6) is -2.74. The van der Waals surface area contributed by atoms with E-state index in [-0.39, 0.29) is 42.2 Å². The Kier molecular flexibility index (Phi) is 5.81. The van der Waals surface area contributed by atoms with Gasteiger partial charge in [-0.3, -0.25) is 4.79 Å². The molecule has 2 fully saturated rings. The molecule has 1 spiro atoms. The third-order valence-corrected chi connectivity index (χ3v) is 7.45. The second-order valence-electron chi connectivity index (χ2n) is 8.50. The zero-order valence-corrected chi connectivity index (χ0v) is 18.4. The van der Waals surface area contributed by atoms with Crippen LogP contribution in [0.3, 0.4) is 0 Å². The van der Waals surface area contributed by atoms with Gasteiger partial charge in [0.15, 0.2) is 0 Å². The standard InChI is InChI=1S/C22H23F3N2O4S/c1-13-10-22(12-31-11-20(28)26-22)19(27(13)32(2,29)30)8-14-4-3-5-18(21(14)25)15-6-16(23)9-17(24)7-15/h3-7,9,13,19H,8,10-12H2,1-2H3,(H,26,28). The summed E-state index contributed by atoms with van der Waals surface area (Å²) in [6.07, 6.45) is 1.33. The minimum absolute atomic E-state index is 0.00386. The number of sulfonamides is 1. The van der Waals surface area contributed by atoms with Gasteiger partial charge < -0.3 is 10.1 Å². The Balaban J connectivity index is 1.77. The lowest BCUT2D eigenvalue weighted by atomic mass is 9.85. The summed E-state index contributed by atoms with van der Waals surface area (Å²) in [5, 5.41) is 2.88. The molecule has 2 aliphatic heterocycles. The van der Waals surface area contributed by atoms with Gasteiger partial charge in [0.25, 0.3) is 0 Å². The van der Waals surface area contributed by atoms with E-state index < -0.39 is 45.1 Å². The molecule has 172 valence electrons. The molecule has 2 aromatic carbocycles. The quantitative estimate of drug-likeness (QED) is 0.749. The number of amides is 1. The Morgan fingerprint density at radius 2 is 1.88 bits per heavy atom. The van der Waals surface area contributed by atoms with Gasteiger partial charge >= 0.3 is 0 Å². The number of benzene rings is 2. The van der Waals surface area contributed by atoms with Gasteiger partial charge in [-0.2, -0.15) is 4.31 Å². The Labute approximate surface area is 184 Å². The van der Waals surface area contributed by atoms with Gasteiger partial charge in [-0.15, -0.1) is 0 Å². The second kappa shape index (κ2) is 8.17. The smallest absolute Gasteiger partial charge is 0.246 e. The molecule has 0 saturated carbocycles. The van der Waals surface area contributed by atoms with E-state index in [1.165, 1.54) is 16.4 Å². The van der Waals surface area contributed by atoms with Crippen molar-refractivity contribution in [3.63, 3.8) is 0 Å². The van der Waals surface area contributed by atoms with E-state index in [2.05, 4.69) is 5.32 Å². The summed E-state index contributed by atoms with van der Waals surface area (Å²) in [4.78, 5) is 12.1. The molecule has 0 aromatic heterocycles. The van der Waals surface area contributed by atoms with Crippen LogP contribution in [0.4, 0.5) is 13.2 Å². The van der Waals surface area contributed by atoms with Crippen molar-refractivity contribution in [2.24, 2.45) is 0 Å². The van der Waals surface area contributed by atoms with Crippen molar-refractivity contribution in [2.75, 3.05) is 19.5 Å². The molecule has 10 heteroatoms. The Morgan fingerprint density at radius 1 is 1.19 bits per heavy atom. The fourth-order valence-corrected chi connectivity index (χ4v) is 6.46. The van der Waals surface area contributed by atoms with Crippen LogP contribution in [0, 0.1) is 17.5 Å². The van der Waals surface area contributed by atoms with Crippen molar-refractivity contribution in [1.82, 2.24) is 9.62 Å². The number of nitrogens with one attached hydrogen (secondary N) is 1. The van der Waals surface area contributed by atoms with Gasteiger partial charge in [0.2, 0.25) is 15.9 Å². The minimum atomic E-state index is -3.70. The Bertz CT molecular complexity index is 1150. The molecule has 6 nitrogen and oxygen atoms in total. The van der Waals surface area contributed by atoms with Crippen LogP contribution in [-0.2, 0) is 26.0 Å². The molecule has 1 N–H and O–H groups in total. The fraction of sp³-hybridized carbons (Fsp3) is 0.409. The lowest BCUT2D eigenvalue weighted by Crippen LogP contribution is -2.64. The molecule has 2 aromatic rings. The summed E-state index contributed by atoms with van der Waals surface area (Å²) in [6.45, 7) is 1.69. The average molecular weight is 468 g/mol. The molecule has 3 atom stereocenters. The highest BCUT2D eigenvalue weighted by atomic mass is 32.2. The highest BCUT2D eigenvalue weighted by Gasteiger charge is 2.56. The number of hydrogen-bond donors (Lipinski definition) is 1. The maximum Gasteiger partial charge on any atom is 0.246 e. The van der Waals surface area contributed by atoms with Crippen molar-refractivity contribution in [2.45, 2.75) is 37.4 Å². The predicted octanol–water partition coefficient (Wildman–Crippen LogP) is 2.62. The first-order valence-corrected chi connectivity index (χ1v) is 12.0. The zero-order chi connectivity index (χ0) is 23.3. The molecule has 3 unspecified atom stereocenters. The summed E-state index contributed by atoms with van der Waals surface area (Å²) in [6, 6.07) is 5.96. The fourth-order valence-electron chi connectivity index (χ4n) is 4.99. The number of carbonyl (C=O) groups is 1. The van der Waals surface area contributed by atoms with Crippen molar-refractivity contribution < 1.29 is 31.1 Å². The van der Waals surface area contributed by atoms with E-state index >= 15 is 4.39 Å². The number of carbonyl (C=O) groups excluding carboxylic acids is 1. The lowest BCUT2D eigenvalue weighted by molar-refractivity contribution is -0.136. The molecule has 0 radical (unpaired) electrons. The minimum Gasteiger partial charge on any atom is -0.369 e. The summed E-state index contributed by atoms with van der Waals surface area (Å²) in [5.41, 5.74) is -0.814. The van der Waals surface area contributed by atoms with E-state index in [1.807, 2.05) is 0 Å². The van der Waals surface area contributed by atoms with Crippen molar-refractivity contribution >= 4 is 15.9 Å². The van der Waals surface area contributed by atoms with Gasteiger partial charge in [0, 0.05) is 17.7 Å².